The molecule has 0 spiro atoms. The average molecular weight is 203 g/mol. The lowest BCUT2D eigenvalue weighted by Crippen LogP contribution is -2.27. The van der Waals surface area contributed by atoms with Gasteiger partial charge in [-0.15, -0.1) is 11.8 Å². The smallest absolute Gasteiger partial charge is 0.0449 e. The average Bonchev–Trinajstić information content (AvgIpc) is 2.00. The molecule has 0 unspecified atom stereocenters. The Bertz CT molecular complexity index is 112. The largest absolute Gasteiger partial charge is 0.294 e. The van der Waals surface area contributed by atoms with Crippen LogP contribution in [0.2, 0.25) is 0 Å². The van der Waals surface area contributed by atoms with Crippen LogP contribution < -0.4 is 0 Å². The topological polar surface area (TPSA) is 3.24 Å². The Morgan fingerprint density at radius 2 is 1.46 bits per heavy atom. The highest BCUT2D eigenvalue weighted by atomic mass is 32.2. The summed E-state index contributed by atoms with van der Waals surface area (Å²) in [6, 6.07) is 0. The Hall–Kier alpha value is 0.310. The summed E-state index contributed by atoms with van der Waals surface area (Å²) in [7, 11) is 0. The van der Waals surface area contributed by atoms with Crippen LogP contribution in [-0.2, 0) is 0 Å². The van der Waals surface area contributed by atoms with Crippen LogP contribution in [0.3, 0.4) is 0 Å². The molecule has 0 amide bonds. The fourth-order valence-electron chi connectivity index (χ4n) is 1.16. The molecule has 0 rings (SSSR count). The van der Waals surface area contributed by atoms with Crippen LogP contribution in [0.1, 0.15) is 47.5 Å². The number of hydrogen-bond donors (Lipinski definition) is 0. The summed E-state index contributed by atoms with van der Waals surface area (Å²) in [5, 5.41) is 0. The van der Waals surface area contributed by atoms with Crippen molar-refractivity contribution in [1.29, 1.82) is 0 Å². The van der Waals surface area contributed by atoms with Crippen molar-refractivity contribution in [3.63, 3.8) is 0 Å². The van der Waals surface area contributed by atoms with Crippen molar-refractivity contribution < 1.29 is 0 Å². The maximum absolute atomic E-state index is 2.55. The first-order valence-corrected chi connectivity index (χ1v) is 6.34. The van der Waals surface area contributed by atoms with Gasteiger partial charge in [-0.1, -0.05) is 34.6 Å². The van der Waals surface area contributed by atoms with Crippen LogP contribution in [0.25, 0.3) is 0 Å². The minimum absolute atomic E-state index is 0.403. The van der Waals surface area contributed by atoms with E-state index in [2.05, 4.69) is 39.5 Å². The molecular weight excluding hydrogens is 178 g/mol. The lowest BCUT2D eigenvalue weighted by atomic mass is 10.3. The van der Waals surface area contributed by atoms with Gasteiger partial charge in [0.15, 0.2) is 0 Å². The van der Waals surface area contributed by atoms with Gasteiger partial charge in [-0.2, -0.15) is 0 Å². The molecule has 0 bridgehead atoms. The number of nitrogens with zero attached hydrogens (tertiary/aromatic N) is 1. The molecule has 2 heteroatoms. The van der Waals surface area contributed by atoms with Crippen molar-refractivity contribution in [2.75, 3.05) is 19.0 Å². The summed E-state index contributed by atoms with van der Waals surface area (Å²) < 4.78 is 0.403. The van der Waals surface area contributed by atoms with E-state index in [1.54, 1.807) is 0 Å². The second-order valence-corrected chi connectivity index (χ2v) is 6.28. The molecule has 0 aromatic rings. The van der Waals surface area contributed by atoms with Crippen LogP contribution in [-0.4, -0.2) is 28.6 Å². The van der Waals surface area contributed by atoms with Crippen LogP contribution in [0.4, 0.5) is 0 Å². The Morgan fingerprint density at radius 1 is 1.00 bits per heavy atom. The third-order valence-corrected chi connectivity index (χ3v) is 3.12. The van der Waals surface area contributed by atoms with E-state index >= 15 is 0 Å². The molecule has 0 aromatic carbocycles. The second-order valence-electron chi connectivity index (χ2n) is 4.50. The molecular formula is C11H25NS. The minimum Gasteiger partial charge on any atom is -0.294 e. The lowest BCUT2D eigenvalue weighted by Gasteiger charge is -2.25. The standard InChI is InChI=1S/C11H25NS/c1-6-8-12(9-7-2)10-13-11(3,4)5/h6-10H2,1-5H3. The predicted molar refractivity (Wildman–Crippen MR) is 64.4 cm³/mol. The summed E-state index contributed by atoms with van der Waals surface area (Å²) in [6.07, 6.45) is 2.54. The molecule has 0 aliphatic rings. The van der Waals surface area contributed by atoms with E-state index in [4.69, 9.17) is 0 Å². The highest BCUT2D eigenvalue weighted by molar-refractivity contribution is 8.00. The first kappa shape index (κ1) is 13.3. The Balaban J connectivity index is 3.68. The van der Waals surface area contributed by atoms with Crippen LogP contribution >= 0.6 is 11.8 Å². The van der Waals surface area contributed by atoms with E-state index in [9.17, 15) is 0 Å². The second kappa shape index (κ2) is 6.72. The van der Waals surface area contributed by atoms with Gasteiger partial charge in [0.1, 0.15) is 0 Å². The van der Waals surface area contributed by atoms with E-state index in [1.807, 2.05) is 11.8 Å². The molecule has 0 saturated heterocycles. The van der Waals surface area contributed by atoms with Gasteiger partial charge in [0, 0.05) is 10.6 Å². The Labute approximate surface area is 88.3 Å². The zero-order valence-electron chi connectivity index (χ0n) is 9.89. The summed E-state index contributed by atoms with van der Waals surface area (Å²) in [6.45, 7) is 13.9. The van der Waals surface area contributed by atoms with Gasteiger partial charge in [0.05, 0.1) is 0 Å². The molecule has 0 aliphatic carbocycles. The van der Waals surface area contributed by atoms with Gasteiger partial charge in [-0.3, -0.25) is 4.90 Å². The van der Waals surface area contributed by atoms with E-state index in [0.29, 0.717) is 4.75 Å². The summed E-state index contributed by atoms with van der Waals surface area (Å²) in [5.74, 6) is 1.19. The zero-order valence-corrected chi connectivity index (χ0v) is 10.7. The number of rotatable bonds is 6. The first-order chi connectivity index (χ1) is 5.99. The van der Waals surface area contributed by atoms with Crippen LogP contribution in [0.5, 0.6) is 0 Å². The molecule has 13 heavy (non-hydrogen) atoms. The minimum atomic E-state index is 0.403. The number of thioether (sulfide) groups is 1. The Kier molecular flexibility index (Phi) is 6.88. The van der Waals surface area contributed by atoms with E-state index in [1.165, 1.54) is 31.8 Å². The quantitative estimate of drug-likeness (QED) is 0.607. The normalized spacial score (nSPS) is 12.5. The SMILES string of the molecule is CCCN(CCC)CSC(C)(C)C. The molecule has 1 nitrogen and oxygen atoms in total. The fraction of sp³-hybridized carbons (Fsp3) is 1.00. The molecule has 0 radical (unpaired) electrons. The maximum atomic E-state index is 2.55. The van der Waals surface area contributed by atoms with Crippen molar-refractivity contribution in [2.45, 2.75) is 52.2 Å². The first-order valence-electron chi connectivity index (χ1n) is 5.36. The van der Waals surface area contributed by atoms with Gasteiger partial charge in [-0.05, 0) is 25.9 Å². The highest BCUT2D eigenvalue weighted by Gasteiger charge is 2.12. The van der Waals surface area contributed by atoms with Crippen molar-refractivity contribution in [3.05, 3.63) is 0 Å². The number of hydrogen-bond acceptors (Lipinski definition) is 2. The van der Waals surface area contributed by atoms with Gasteiger partial charge < -0.3 is 0 Å². The lowest BCUT2D eigenvalue weighted by molar-refractivity contribution is 0.321. The molecule has 0 aromatic heterocycles. The molecule has 80 valence electrons. The van der Waals surface area contributed by atoms with Gasteiger partial charge in [-0.25, -0.2) is 0 Å². The van der Waals surface area contributed by atoms with Gasteiger partial charge >= 0.3 is 0 Å². The summed E-state index contributed by atoms with van der Waals surface area (Å²) in [5.41, 5.74) is 0. The van der Waals surface area contributed by atoms with E-state index in [-0.39, 0.29) is 0 Å². The van der Waals surface area contributed by atoms with Crippen molar-refractivity contribution in [3.8, 4) is 0 Å². The van der Waals surface area contributed by atoms with E-state index in [0.717, 1.165) is 0 Å². The highest BCUT2D eigenvalue weighted by Crippen LogP contribution is 2.23. The third kappa shape index (κ3) is 8.63. The predicted octanol–water partition coefficient (Wildman–Crippen LogP) is 3.60. The maximum Gasteiger partial charge on any atom is 0.0449 e. The Morgan fingerprint density at radius 3 is 1.77 bits per heavy atom. The fourth-order valence-corrected chi connectivity index (χ4v) is 1.99. The molecule has 0 N–H and O–H groups in total. The monoisotopic (exact) mass is 203 g/mol. The zero-order chi connectivity index (χ0) is 10.3. The van der Waals surface area contributed by atoms with Crippen molar-refractivity contribution in [2.24, 2.45) is 0 Å². The van der Waals surface area contributed by atoms with Crippen LogP contribution in [0, 0.1) is 0 Å². The van der Waals surface area contributed by atoms with Gasteiger partial charge in [0.2, 0.25) is 0 Å². The van der Waals surface area contributed by atoms with E-state index < -0.39 is 0 Å². The van der Waals surface area contributed by atoms with Crippen molar-refractivity contribution >= 4 is 11.8 Å². The summed E-state index contributed by atoms with van der Waals surface area (Å²) in [4.78, 5) is 2.55. The van der Waals surface area contributed by atoms with Crippen LogP contribution in [0.15, 0.2) is 0 Å². The molecule has 0 fully saturated rings. The summed E-state index contributed by atoms with van der Waals surface area (Å²) >= 11 is 2.05. The van der Waals surface area contributed by atoms with Crippen molar-refractivity contribution in [1.82, 2.24) is 4.90 Å². The molecule has 0 heterocycles. The third-order valence-electron chi connectivity index (χ3n) is 1.76. The molecule has 0 saturated carbocycles. The molecule has 0 aliphatic heterocycles. The van der Waals surface area contributed by atoms with Gasteiger partial charge in [0.25, 0.3) is 0 Å². The molecule has 0 atom stereocenters.